The predicted molar refractivity (Wildman–Crippen MR) is 90.7 cm³/mol. The number of hydrogen-bond donors (Lipinski definition) is 2. The van der Waals surface area contributed by atoms with Crippen LogP contribution in [0.4, 0.5) is 5.82 Å². The number of nitrogens with two attached hydrogens (primary N) is 1. The van der Waals surface area contributed by atoms with E-state index in [2.05, 4.69) is 53.5 Å². The number of aryl methyl sites for hydroxylation is 2. The Kier molecular flexibility index (Phi) is 4.10. The quantitative estimate of drug-likeness (QED) is 0.434. The highest BCUT2D eigenvalue weighted by Gasteiger charge is 2.10. The van der Waals surface area contributed by atoms with Crippen LogP contribution in [-0.2, 0) is 5.75 Å². The summed E-state index contributed by atoms with van der Waals surface area (Å²) in [6.07, 6.45) is 0. The number of rotatable bonds is 4. The van der Waals surface area contributed by atoms with Gasteiger partial charge in [0.2, 0.25) is 0 Å². The summed E-state index contributed by atoms with van der Waals surface area (Å²) in [6, 6.07) is 10.4. The molecule has 21 heavy (non-hydrogen) atoms. The molecule has 3 aromatic rings. The molecule has 0 bridgehead atoms. The topological polar surface area (TPSA) is 63.8 Å². The third-order valence-corrected chi connectivity index (χ3v) is 5.27. The smallest absolute Gasteiger partial charge is 0.152 e. The predicted octanol–water partition coefficient (Wildman–Crippen LogP) is 3.89. The van der Waals surface area contributed by atoms with E-state index < -0.39 is 0 Å². The number of hydrogen-bond acceptors (Lipinski definition) is 6. The Bertz CT molecular complexity index is 782. The molecular formula is C15H16N4S2. The Hall–Kier alpha value is -1.63. The summed E-state index contributed by atoms with van der Waals surface area (Å²) in [5, 5.41) is 0.990. The number of fused-ring (bicyclic) bond motifs is 1. The number of hydrazine groups is 1. The van der Waals surface area contributed by atoms with Crippen molar-refractivity contribution in [3.63, 3.8) is 0 Å². The van der Waals surface area contributed by atoms with Crippen LogP contribution in [0.1, 0.15) is 16.3 Å². The average molecular weight is 316 g/mol. The van der Waals surface area contributed by atoms with Crippen molar-refractivity contribution in [3.8, 4) is 0 Å². The number of nitrogens with zero attached hydrogens (tertiary/aromatic N) is 2. The second kappa shape index (κ2) is 6.01. The molecule has 0 radical (unpaired) electrons. The van der Waals surface area contributed by atoms with Gasteiger partial charge in [-0.25, -0.2) is 15.8 Å². The molecule has 3 rings (SSSR count). The van der Waals surface area contributed by atoms with E-state index in [-0.39, 0.29) is 0 Å². The molecule has 0 saturated heterocycles. The van der Waals surface area contributed by atoms with Gasteiger partial charge in [-0.2, -0.15) is 0 Å². The molecule has 0 fully saturated rings. The molecule has 0 unspecified atom stereocenters. The van der Waals surface area contributed by atoms with Gasteiger partial charge in [0.05, 0.1) is 11.1 Å². The lowest BCUT2D eigenvalue weighted by Gasteiger charge is -2.06. The first-order valence-electron chi connectivity index (χ1n) is 6.59. The maximum Gasteiger partial charge on any atom is 0.152 e. The van der Waals surface area contributed by atoms with Crippen molar-refractivity contribution >= 4 is 39.1 Å². The minimum Gasteiger partial charge on any atom is -0.308 e. The first kappa shape index (κ1) is 14.3. The lowest BCUT2D eigenvalue weighted by molar-refractivity contribution is 1.06. The summed E-state index contributed by atoms with van der Waals surface area (Å²) in [4.78, 5) is 12.6. The lowest BCUT2D eigenvalue weighted by Crippen LogP contribution is -2.10. The molecule has 108 valence electrons. The van der Waals surface area contributed by atoms with Gasteiger partial charge in [0, 0.05) is 9.77 Å². The fourth-order valence-corrected chi connectivity index (χ4v) is 3.90. The van der Waals surface area contributed by atoms with Crippen LogP contribution in [0.2, 0.25) is 0 Å². The van der Waals surface area contributed by atoms with Crippen LogP contribution < -0.4 is 11.3 Å². The molecule has 6 heteroatoms. The third kappa shape index (κ3) is 3.02. The molecule has 0 aliphatic heterocycles. The highest BCUT2D eigenvalue weighted by Crippen LogP contribution is 2.30. The third-order valence-electron chi connectivity index (χ3n) is 3.15. The van der Waals surface area contributed by atoms with Crippen molar-refractivity contribution in [2.75, 3.05) is 5.43 Å². The summed E-state index contributed by atoms with van der Waals surface area (Å²) in [6.45, 7) is 4.18. The molecular weight excluding hydrogens is 300 g/mol. The van der Waals surface area contributed by atoms with Gasteiger partial charge in [-0.1, -0.05) is 18.2 Å². The number of thiophene rings is 1. The van der Waals surface area contributed by atoms with E-state index in [4.69, 9.17) is 5.84 Å². The molecule has 2 aromatic heterocycles. The molecule has 0 aliphatic rings. The first-order chi connectivity index (χ1) is 10.2. The van der Waals surface area contributed by atoms with Gasteiger partial charge in [-0.3, -0.25) is 0 Å². The van der Waals surface area contributed by atoms with Crippen LogP contribution >= 0.6 is 23.1 Å². The van der Waals surface area contributed by atoms with E-state index in [9.17, 15) is 0 Å². The SMILES string of the molecule is Cc1cc2c(NN)nc(CSc3ccccc3C)nc2s1. The molecule has 4 nitrogen and oxygen atoms in total. The van der Waals surface area contributed by atoms with Crippen molar-refractivity contribution in [1.29, 1.82) is 0 Å². The maximum absolute atomic E-state index is 5.58. The van der Waals surface area contributed by atoms with E-state index in [0.29, 0.717) is 5.82 Å². The summed E-state index contributed by atoms with van der Waals surface area (Å²) >= 11 is 3.41. The molecule has 0 saturated carbocycles. The minimum absolute atomic E-state index is 0.699. The molecule has 1 aromatic carbocycles. The van der Waals surface area contributed by atoms with Crippen LogP contribution in [0, 0.1) is 13.8 Å². The Morgan fingerprint density at radius 3 is 2.81 bits per heavy atom. The van der Waals surface area contributed by atoms with E-state index in [1.165, 1.54) is 15.3 Å². The van der Waals surface area contributed by atoms with Gasteiger partial charge in [-0.15, -0.1) is 23.1 Å². The Balaban J connectivity index is 1.89. The molecule has 0 aliphatic carbocycles. The van der Waals surface area contributed by atoms with Crippen molar-refractivity contribution in [1.82, 2.24) is 9.97 Å². The maximum atomic E-state index is 5.58. The summed E-state index contributed by atoms with van der Waals surface area (Å²) in [5.74, 6) is 7.81. The lowest BCUT2D eigenvalue weighted by atomic mass is 10.2. The zero-order chi connectivity index (χ0) is 14.8. The van der Waals surface area contributed by atoms with Gasteiger partial charge in [0.25, 0.3) is 0 Å². The van der Waals surface area contributed by atoms with Crippen LogP contribution in [0.25, 0.3) is 10.2 Å². The summed E-state index contributed by atoms with van der Waals surface area (Å²) in [7, 11) is 0. The number of nitrogens with one attached hydrogen (secondary N) is 1. The van der Waals surface area contributed by atoms with Crippen molar-refractivity contribution in [2.45, 2.75) is 24.5 Å². The largest absolute Gasteiger partial charge is 0.308 e. The highest BCUT2D eigenvalue weighted by atomic mass is 32.2. The van der Waals surface area contributed by atoms with E-state index in [0.717, 1.165) is 21.8 Å². The Morgan fingerprint density at radius 1 is 1.24 bits per heavy atom. The molecule has 0 atom stereocenters. The second-order valence-electron chi connectivity index (χ2n) is 4.76. The van der Waals surface area contributed by atoms with E-state index in [1.54, 1.807) is 23.1 Å². The summed E-state index contributed by atoms with van der Waals surface area (Å²) < 4.78 is 0. The standard InChI is InChI=1S/C15H16N4S2/c1-9-5-3-4-6-12(9)20-8-13-17-14(19-16)11-7-10(2)21-15(11)18-13/h3-7H,8,16H2,1-2H3,(H,17,18,19). The normalized spacial score (nSPS) is 11.0. The second-order valence-corrected chi connectivity index (χ2v) is 7.01. The Morgan fingerprint density at radius 2 is 2.05 bits per heavy atom. The fraction of sp³-hybridized carbons (Fsp3) is 0.200. The molecule has 2 heterocycles. The van der Waals surface area contributed by atoms with Gasteiger partial charge in [0.1, 0.15) is 10.7 Å². The Labute approximate surface area is 131 Å². The van der Waals surface area contributed by atoms with Gasteiger partial charge >= 0.3 is 0 Å². The average Bonchev–Trinajstić information content (AvgIpc) is 2.85. The fourth-order valence-electron chi connectivity index (χ4n) is 2.12. The van der Waals surface area contributed by atoms with Crippen molar-refractivity contribution < 1.29 is 0 Å². The zero-order valence-electron chi connectivity index (χ0n) is 11.9. The van der Waals surface area contributed by atoms with E-state index >= 15 is 0 Å². The zero-order valence-corrected chi connectivity index (χ0v) is 13.5. The highest BCUT2D eigenvalue weighted by molar-refractivity contribution is 7.98. The summed E-state index contributed by atoms with van der Waals surface area (Å²) in [5.41, 5.74) is 3.95. The van der Waals surface area contributed by atoms with Crippen LogP contribution in [0.15, 0.2) is 35.2 Å². The number of anilines is 1. The minimum atomic E-state index is 0.699. The van der Waals surface area contributed by atoms with Gasteiger partial charge in [0.15, 0.2) is 5.82 Å². The number of benzene rings is 1. The van der Waals surface area contributed by atoms with Crippen LogP contribution in [0.3, 0.4) is 0 Å². The monoisotopic (exact) mass is 316 g/mol. The molecule has 3 N–H and O–H groups in total. The van der Waals surface area contributed by atoms with Crippen molar-refractivity contribution in [3.05, 3.63) is 46.6 Å². The van der Waals surface area contributed by atoms with Crippen LogP contribution in [0.5, 0.6) is 0 Å². The number of nitrogen functional groups attached to an aromatic ring is 1. The van der Waals surface area contributed by atoms with E-state index in [1.807, 2.05) is 6.07 Å². The van der Waals surface area contributed by atoms with Crippen molar-refractivity contribution in [2.24, 2.45) is 5.84 Å². The van der Waals surface area contributed by atoms with Gasteiger partial charge in [-0.05, 0) is 31.5 Å². The first-order valence-corrected chi connectivity index (χ1v) is 8.39. The number of thioether (sulfide) groups is 1. The molecule has 0 spiro atoms. The number of aromatic nitrogens is 2. The molecule has 0 amide bonds. The van der Waals surface area contributed by atoms with Gasteiger partial charge < -0.3 is 5.43 Å². The van der Waals surface area contributed by atoms with Crippen LogP contribution in [-0.4, -0.2) is 9.97 Å².